The Bertz CT molecular complexity index is 4820. The molecule has 4 aromatic heterocycles. The molecular weight excluding hydrogens is 1020 g/mol. The minimum atomic E-state index is 0.498. The maximum atomic E-state index is 5.83. The Kier molecular flexibility index (Phi) is 11.7. The van der Waals surface area contributed by atoms with Crippen molar-refractivity contribution in [2.75, 3.05) is 14.7 Å². The van der Waals surface area contributed by atoms with Gasteiger partial charge in [0.15, 0.2) is 0 Å². The second kappa shape index (κ2) is 20.3. The van der Waals surface area contributed by atoms with Crippen molar-refractivity contribution in [1.29, 1.82) is 0 Å². The van der Waals surface area contributed by atoms with Gasteiger partial charge in [0.1, 0.15) is 11.6 Å². The number of rotatable bonds is 12. The fourth-order valence-electron chi connectivity index (χ4n) is 12.5. The van der Waals surface area contributed by atoms with E-state index in [9.17, 15) is 0 Å². The van der Waals surface area contributed by atoms with Crippen molar-refractivity contribution in [3.05, 3.63) is 315 Å². The molecule has 0 aliphatic heterocycles. The maximum absolute atomic E-state index is 5.83. The first-order valence-electron chi connectivity index (χ1n) is 28.4. The minimum absolute atomic E-state index is 0.498. The van der Waals surface area contributed by atoms with Crippen LogP contribution in [0.5, 0.6) is 0 Å². The van der Waals surface area contributed by atoms with E-state index in [0.29, 0.717) is 17.6 Å². The first-order chi connectivity index (χ1) is 41.7. The molecule has 0 bridgehead atoms. The molecule has 0 amide bonds. The van der Waals surface area contributed by atoms with Crippen LogP contribution in [0.25, 0.3) is 82.6 Å². The van der Waals surface area contributed by atoms with E-state index < -0.39 is 0 Å². The van der Waals surface area contributed by atoms with Crippen molar-refractivity contribution < 1.29 is 0 Å². The van der Waals surface area contributed by atoms with Crippen LogP contribution in [-0.4, -0.2) is 23.7 Å². The Balaban J connectivity index is 0.976. The average Bonchev–Trinajstić information content (AvgIpc) is 3.19. The van der Waals surface area contributed by atoms with Gasteiger partial charge >= 0.3 is 0 Å². The highest BCUT2D eigenvalue weighted by atomic mass is 15.3. The second-order valence-corrected chi connectivity index (χ2v) is 21.1. The van der Waals surface area contributed by atoms with E-state index >= 15 is 0 Å². The second-order valence-electron chi connectivity index (χ2n) is 21.1. The Morgan fingerprint density at radius 3 is 1.05 bits per heavy atom. The molecule has 16 aromatic rings. The maximum Gasteiger partial charge on any atom is 0.238 e. The third-order valence-electron chi connectivity index (χ3n) is 16.2. The van der Waals surface area contributed by atoms with Crippen LogP contribution in [0.2, 0.25) is 0 Å². The number of fused-ring (bicyclic) bond motifs is 9. The van der Waals surface area contributed by atoms with Gasteiger partial charge in [-0.15, -0.1) is 0 Å². The van der Waals surface area contributed by atoms with Crippen molar-refractivity contribution in [3.8, 4) is 17.2 Å². The molecular formula is C76H52N8. The summed E-state index contributed by atoms with van der Waals surface area (Å²) < 4.78 is 7.06. The molecule has 12 aromatic carbocycles. The van der Waals surface area contributed by atoms with Gasteiger partial charge in [0.05, 0.1) is 38.8 Å². The Morgan fingerprint density at radius 1 is 0.214 bits per heavy atom. The molecule has 0 aliphatic carbocycles. The number of hydrogen-bond acceptors (Lipinski definition) is 5. The largest absolute Gasteiger partial charge is 0.310 e. The van der Waals surface area contributed by atoms with Crippen LogP contribution >= 0.6 is 0 Å². The Hall–Kier alpha value is -11.5. The van der Waals surface area contributed by atoms with Crippen molar-refractivity contribution >= 4 is 117 Å². The van der Waals surface area contributed by atoms with E-state index in [1.165, 1.54) is 10.8 Å². The molecule has 16 rings (SSSR count). The molecule has 0 aliphatic rings. The molecule has 84 heavy (non-hydrogen) atoms. The smallest absolute Gasteiger partial charge is 0.238 e. The standard InChI is InChI=1S/C76H52N8/c1-7-25-53(26-8-1)79(54-27-9-2-10-28-54)59-45-48-71-67(49-59)64-39-21-24-42-70(64)84(71)75-52-74(80(55-29-11-3-12-30-55)60-43-46-65-62-37-19-22-40-68(62)82(72(65)50-60)57-33-15-5-16-34-57)77-76(78-75)81(56-31-13-4-14-32-56)61-44-47-66-63-38-20-23-41-69(63)83(73(66)51-61)58-35-17-6-18-36-58/h1-52H. The highest BCUT2D eigenvalue weighted by Crippen LogP contribution is 2.45. The number of aromatic nitrogens is 5. The topological polar surface area (TPSA) is 50.3 Å². The van der Waals surface area contributed by atoms with E-state index in [0.717, 1.165) is 106 Å². The summed E-state index contributed by atoms with van der Waals surface area (Å²) >= 11 is 0. The van der Waals surface area contributed by atoms with Crippen molar-refractivity contribution in [2.45, 2.75) is 0 Å². The van der Waals surface area contributed by atoms with Gasteiger partial charge in [-0.3, -0.25) is 14.4 Å². The predicted octanol–water partition coefficient (Wildman–Crippen LogP) is 20.2. The highest BCUT2D eigenvalue weighted by Gasteiger charge is 2.27. The summed E-state index contributed by atoms with van der Waals surface area (Å²) in [5.74, 6) is 1.89. The van der Waals surface area contributed by atoms with Crippen LogP contribution < -0.4 is 14.7 Å². The number of nitrogens with zero attached hydrogens (tertiary/aromatic N) is 8. The summed E-state index contributed by atoms with van der Waals surface area (Å²) in [5, 5.41) is 6.89. The van der Waals surface area contributed by atoms with E-state index in [1.807, 2.05) is 0 Å². The Morgan fingerprint density at radius 2 is 0.560 bits per heavy atom. The molecule has 8 heteroatoms. The number of hydrogen-bond donors (Lipinski definition) is 0. The summed E-state index contributed by atoms with van der Waals surface area (Å²) in [6.07, 6.45) is 0. The van der Waals surface area contributed by atoms with Crippen molar-refractivity contribution in [1.82, 2.24) is 23.7 Å². The molecule has 0 fully saturated rings. The molecule has 0 N–H and O–H groups in total. The van der Waals surface area contributed by atoms with E-state index in [4.69, 9.17) is 9.97 Å². The monoisotopic (exact) mass is 1080 g/mol. The quantitative estimate of drug-likeness (QED) is 0.122. The third-order valence-corrected chi connectivity index (χ3v) is 16.2. The molecule has 0 radical (unpaired) electrons. The number of anilines is 9. The number of para-hydroxylation sites is 9. The number of benzene rings is 12. The predicted molar refractivity (Wildman–Crippen MR) is 349 cm³/mol. The molecule has 0 saturated heterocycles. The average molecular weight is 1080 g/mol. The van der Waals surface area contributed by atoms with Crippen LogP contribution in [0, 0.1) is 0 Å². The van der Waals surface area contributed by atoms with Crippen LogP contribution in [-0.2, 0) is 0 Å². The van der Waals surface area contributed by atoms with Gasteiger partial charge in [-0.05, 0) is 133 Å². The molecule has 0 spiro atoms. The van der Waals surface area contributed by atoms with Gasteiger partial charge in [-0.1, -0.05) is 176 Å². The molecule has 0 unspecified atom stereocenters. The van der Waals surface area contributed by atoms with Crippen molar-refractivity contribution in [3.63, 3.8) is 0 Å². The molecule has 4 heterocycles. The first kappa shape index (κ1) is 48.4. The first-order valence-corrected chi connectivity index (χ1v) is 28.4. The summed E-state index contributed by atoms with van der Waals surface area (Å²) in [6.45, 7) is 0. The lowest BCUT2D eigenvalue weighted by atomic mass is 10.1. The van der Waals surface area contributed by atoms with Gasteiger partial charge in [-0.2, -0.15) is 9.97 Å². The third kappa shape index (κ3) is 8.15. The van der Waals surface area contributed by atoms with Gasteiger partial charge in [-0.25, -0.2) is 0 Å². The van der Waals surface area contributed by atoms with E-state index in [2.05, 4.69) is 344 Å². The van der Waals surface area contributed by atoms with Gasteiger partial charge < -0.3 is 14.0 Å². The summed E-state index contributed by atoms with van der Waals surface area (Å²) in [7, 11) is 0. The highest BCUT2D eigenvalue weighted by molar-refractivity contribution is 6.13. The molecule has 0 atom stereocenters. The minimum Gasteiger partial charge on any atom is -0.310 e. The fourth-order valence-corrected chi connectivity index (χ4v) is 12.5. The summed E-state index contributed by atoms with van der Waals surface area (Å²) in [4.78, 5) is 18.5. The summed E-state index contributed by atoms with van der Waals surface area (Å²) in [5.41, 5.74) is 15.5. The lowest BCUT2D eigenvalue weighted by Crippen LogP contribution is -2.18. The van der Waals surface area contributed by atoms with Crippen LogP contribution in [0.1, 0.15) is 0 Å². The van der Waals surface area contributed by atoms with Gasteiger partial charge in [0.2, 0.25) is 5.95 Å². The molecule has 396 valence electrons. The normalized spacial score (nSPS) is 11.6. The van der Waals surface area contributed by atoms with Gasteiger partial charge in [0.25, 0.3) is 0 Å². The zero-order valence-electron chi connectivity index (χ0n) is 45.6. The SMILES string of the molecule is c1ccc(N(c2ccccc2)c2ccc3c(c2)c2ccccc2n3-c2cc(N(c3ccccc3)c3ccc4c5ccccc5n(-c5ccccc5)c4c3)nc(N(c3ccccc3)c3ccc4c5ccccc5n(-c5ccccc5)c4c3)n2)cc1. The van der Waals surface area contributed by atoms with Gasteiger partial charge in [0, 0.05) is 83.9 Å². The molecule has 8 nitrogen and oxygen atoms in total. The zero-order chi connectivity index (χ0) is 55.5. The van der Waals surface area contributed by atoms with Crippen LogP contribution in [0.15, 0.2) is 315 Å². The fraction of sp³-hybridized carbons (Fsp3) is 0. The summed E-state index contributed by atoms with van der Waals surface area (Å²) in [6, 6.07) is 112. The van der Waals surface area contributed by atoms with E-state index in [-0.39, 0.29) is 0 Å². The van der Waals surface area contributed by atoms with Crippen LogP contribution in [0.3, 0.4) is 0 Å². The zero-order valence-corrected chi connectivity index (χ0v) is 45.6. The van der Waals surface area contributed by atoms with Crippen molar-refractivity contribution in [2.24, 2.45) is 0 Å². The lowest BCUT2D eigenvalue weighted by Gasteiger charge is -2.28. The lowest BCUT2D eigenvalue weighted by molar-refractivity contribution is 0.997. The molecule has 0 saturated carbocycles. The van der Waals surface area contributed by atoms with E-state index in [1.54, 1.807) is 0 Å². The Labute approximate surface area is 485 Å². The van der Waals surface area contributed by atoms with Crippen LogP contribution in [0.4, 0.5) is 51.6 Å².